The van der Waals surface area contributed by atoms with E-state index in [1.807, 2.05) is 6.92 Å². The van der Waals surface area contributed by atoms with Gasteiger partial charge in [0.2, 0.25) is 0 Å². The highest BCUT2D eigenvalue weighted by molar-refractivity contribution is 7.99. The second-order valence-corrected chi connectivity index (χ2v) is 5.60. The standard InChI is InChI=1S/C11H23NO6S/c1-2-7(19-4-3-12)18-11-10(16)9(15)8(14)6(5-13)17-11/h6-11,13-16H,2-5,12H2,1H3/t6-,7?,8+,9+,10-,11-/m1/s1. The summed E-state index contributed by atoms with van der Waals surface area (Å²) in [5.41, 5.74) is 5.18. The molecule has 114 valence electrons. The van der Waals surface area contributed by atoms with E-state index in [1.165, 1.54) is 11.8 Å². The lowest BCUT2D eigenvalue weighted by Gasteiger charge is -2.40. The van der Waals surface area contributed by atoms with Crippen molar-refractivity contribution in [1.29, 1.82) is 0 Å². The molecule has 8 heteroatoms. The molecule has 1 aliphatic rings. The minimum absolute atomic E-state index is 0.231. The van der Waals surface area contributed by atoms with Crippen molar-refractivity contribution in [3.63, 3.8) is 0 Å². The van der Waals surface area contributed by atoms with Gasteiger partial charge in [-0.05, 0) is 6.42 Å². The lowest BCUT2D eigenvalue weighted by Crippen LogP contribution is -2.59. The average Bonchev–Trinajstić information content (AvgIpc) is 2.43. The summed E-state index contributed by atoms with van der Waals surface area (Å²) in [7, 11) is 0. The van der Waals surface area contributed by atoms with Crippen molar-refractivity contribution >= 4 is 11.8 Å². The first kappa shape index (κ1) is 17.1. The van der Waals surface area contributed by atoms with Gasteiger partial charge in [-0.25, -0.2) is 0 Å². The molecule has 0 aromatic carbocycles. The Kier molecular flexibility index (Phi) is 7.55. The Labute approximate surface area is 116 Å². The fourth-order valence-electron chi connectivity index (χ4n) is 1.78. The fraction of sp³-hybridized carbons (Fsp3) is 1.00. The third kappa shape index (κ3) is 4.54. The molecule has 0 spiro atoms. The summed E-state index contributed by atoms with van der Waals surface area (Å²) in [5.74, 6) is 0.704. The van der Waals surface area contributed by atoms with Crippen molar-refractivity contribution in [3.05, 3.63) is 0 Å². The number of nitrogens with two attached hydrogens (primary N) is 1. The van der Waals surface area contributed by atoms with E-state index in [9.17, 15) is 15.3 Å². The van der Waals surface area contributed by atoms with Gasteiger partial charge in [0.15, 0.2) is 6.29 Å². The molecule has 6 N–H and O–H groups in total. The summed E-state index contributed by atoms with van der Waals surface area (Å²) >= 11 is 1.48. The van der Waals surface area contributed by atoms with Crippen LogP contribution < -0.4 is 5.73 Å². The van der Waals surface area contributed by atoms with Gasteiger partial charge in [0.1, 0.15) is 29.9 Å². The zero-order valence-electron chi connectivity index (χ0n) is 10.9. The van der Waals surface area contributed by atoms with Crippen LogP contribution in [0.3, 0.4) is 0 Å². The third-order valence-electron chi connectivity index (χ3n) is 2.89. The lowest BCUT2D eigenvalue weighted by molar-refractivity contribution is -0.304. The average molecular weight is 297 g/mol. The van der Waals surface area contributed by atoms with Gasteiger partial charge in [0.05, 0.1) is 6.61 Å². The van der Waals surface area contributed by atoms with Crippen LogP contribution in [0.4, 0.5) is 0 Å². The van der Waals surface area contributed by atoms with E-state index in [0.717, 1.165) is 0 Å². The molecule has 1 heterocycles. The molecular weight excluding hydrogens is 274 g/mol. The monoisotopic (exact) mass is 297 g/mol. The Hall–Kier alpha value is 0.0700. The fourth-order valence-corrected chi connectivity index (χ4v) is 2.61. The Bertz CT molecular complexity index is 257. The molecule has 1 rings (SSSR count). The molecule has 0 bridgehead atoms. The normalized spacial score (nSPS) is 37.3. The van der Waals surface area contributed by atoms with Gasteiger partial charge >= 0.3 is 0 Å². The van der Waals surface area contributed by atoms with Crippen molar-refractivity contribution in [2.45, 2.75) is 49.5 Å². The first-order valence-corrected chi connectivity index (χ1v) is 7.37. The molecule has 19 heavy (non-hydrogen) atoms. The van der Waals surface area contributed by atoms with E-state index in [4.69, 9.17) is 20.3 Å². The topological polar surface area (TPSA) is 125 Å². The highest BCUT2D eigenvalue weighted by atomic mass is 32.2. The molecule has 7 nitrogen and oxygen atoms in total. The third-order valence-corrected chi connectivity index (χ3v) is 4.18. The molecule has 1 unspecified atom stereocenters. The Morgan fingerprint density at radius 3 is 2.47 bits per heavy atom. The number of rotatable bonds is 7. The minimum atomic E-state index is -1.41. The highest BCUT2D eigenvalue weighted by Gasteiger charge is 2.44. The molecule has 6 atom stereocenters. The van der Waals surface area contributed by atoms with Crippen molar-refractivity contribution in [2.75, 3.05) is 18.9 Å². The van der Waals surface area contributed by atoms with E-state index in [-0.39, 0.29) is 5.44 Å². The summed E-state index contributed by atoms with van der Waals surface area (Å²) in [5, 5.41) is 38.1. The van der Waals surface area contributed by atoms with Crippen LogP contribution >= 0.6 is 11.8 Å². The van der Waals surface area contributed by atoms with Crippen LogP contribution in [0.15, 0.2) is 0 Å². The number of ether oxygens (including phenoxy) is 2. The molecule has 0 radical (unpaired) electrons. The number of aliphatic hydroxyl groups is 4. The van der Waals surface area contributed by atoms with Crippen LogP contribution in [-0.2, 0) is 9.47 Å². The molecule has 1 fully saturated rings. The van der Waals surface area contributed by atoms with Gasteiger partial charge in [0.25, 0.3) is 0 Å². The predicted octanol–water partition coefficient (Wildman–Crippen LogP) is -1.77. The Morgan fingerprint density at radius 1 is 1.26 bits per heavy atom. The second kappa shape index (κ2) is 8.38. The van der Waals surface area contributed by atoms with Gasteiger partial charge < -0.3 is 35.6 Å². The highest BCUT2D eigenvalue weighted by Crippen LogP contribution is 2.26. The molecule has 0 aromatic rings. The zero-order chi connectivity index (χ0) is 14.4. The van der Waals surface area contributed by atoms with Gasteiger partial charge in [-0.2, -0.15) is 0 Å². The number of aliphatic hydroxyl groups excluding tert-OH is 4. The quantitative estimate of drug-likeness (QED) is 0.350. The van der Waals surface area contributed by atoms with Crippen LogP contribution in [-0.4, -0.2) is 75.5 Å². The van der Waals surface area contributed by atoms with Gasteiger partial charge in [-0.1, -0.05) is 6.92 Å². The smallest absolute Gasteiger partial charge is 0.188 e. The molecule has 1 saturated heterocycles. The lowest BCUT2D eigenvalue weighted by atomic mass is 9.99. The van der Waals surface area contributed by atoms with Crippen LogP contribution in [0.1, 0.15) is 13.3 Å². The maximum atomic E-state index is 9.82. The SMILES string of the molecule is CCC(O[C@H]1O[C@H](CO)[C@H](O)[C@H](O)[C@H]1O)SCCN. The molecular formula is C11H23NO6S. The summed E-state index contributed by atoms with van der Waals surface area (Å²) in [6.45, 7) is 1.97. The van der Waals surface area contributed by atoms with Crippen molar-refractivity contribution in [1.82, 2.24) is 0 Å². The summed E-state index contributed by atoms with van der Waals surface area (Å²) in [4.78, 5) is 0. The van der Waals surface area contributed by atoms with E-state index in [0.29, 0.717) is 18.7 Å². The largest absolute Gasteiger partial charge is 0.394 e. The molecule has 0 aliphatic carbocycles. The number of hydrogen-bond donors (Lipinski definition) is 5. The second-order valence-electron chi connectivity index (χ2n) is 4.33. The van der Waals surface area contributed by atoms with Crippen molar-refractivity contribution < 1.29 is 29.9 Å². The molecule has 0 aromatic heterocycles. The molecule has 1 aliphatic heterocycles. The summed E-state index contributed by atoms with van der Waals surface area (Å²) in [6, 6.07) is 0. The van der Waals surface area contributed by atoms with Crippen molar-refractivity contribution in [3.8, 4) is 0 Å². The van der Waals surface area contributed by atoms with Crippen LogP contribution in [0, 0.1) is 0 Å². The van der Waals surface area contributed by atoms with E-state index < -0.39 is 37.3 Å². The van der Waals surface area contributed by atoms with Crippen LogP contribution in [0.5, 0.6) is 0 Å². The minimum Gasteiger partial charge on any atom is -0.394 e. The number of thioether (sulfide) groups is 1. The van der Waals surface area contributed by atoms with Crippen LogP contribution in [0.2, 0.25) is 0 Å². The first-order valence-electron chi connectivity index (χ1n) is 6.32. The Morgan fingerprint density at radius 2 is 1.95 bits per heavy atom. The molecule has 0 amide bonds. The van der Waals surface area contributed by atoms with Crippen LogP contribution in [0.25, 0.3) is 0 Å². The Balaban J connectivity index is 2.59. The van der Waals surface area contributed by atoms with Gasteiger partial charge in [-0.15, -0.1) is 11.8 Å². The zero-order valence-corrected chi connectivity index (χ0v) is 11.7. The van der Waals surface area contributed by atoms with E-state index in [1.54, 1.807) is 0 Å². The summed E-state index contributed by atoms with van der Waals surface area (Å²) < 4.78 is 10.8. The van der Waals surface area contributed by atoms with E-state index >= 15 is 0 Å². The van der Waals surface area contributed by atoms with Gasteiger partial charge in [0, 0.05) is 12.3 Å². The maximum absolute atomic E-state index is 9.82. The predicted molar refractivity (Wildman–Crippen MR) is 70.4 cm³/mol. The summed E-state index contributed by atoms with van der Waals surface area (Å²) in [6.07, 6.45) is -5.47. The van der Waals surface area contributed by atoms with Crippen molar-refractivity contribution in [2.24, 2.45) is 5.73 Å². The first-order chi connectivity index (χ1) is 9.04. The van der Waals surface area contributed by atoms with E-state index in [2.05, 4.69) is 0 Å². The maximum Gasteiger partial charge on any atom is 0.188 e. The molecule has 0 saturated carbocycles. The number of hydrogen-bond acceptors (Lipinski definition) is 8. The van der Waals surface area contributed by atoms with Gasteiger partial charge in [-0.3, -0.25) is 0 Å².